The van der Waals surface area contributed by atoms with Crippen LogP contribution in [0.3, 0.4) is 0 Å². The van der Waals surface area contributed by atoms with E-state index in [4.69, 9.17) is 0 Å². The maximum Gasteiger partial charge on any atom is 0.212 e. The number of hydrogen-bond donors (Lipinski definition) is 3. The molecule has 0 bridgehead atoms. The Morgan fingerprint density at radius 2 is 1.93 bits per heavy atom. The molecule has 0 aliphatic rings. The van der Waals surface area contributed by atoms with Crippen molar-refractivity contribution in [1.82, 2.24) is 9.97 Å². The molecule has 0 atom stereocenters. The molecule has 3 N–H and O–H groups in total. The molecule has 4 aromatic rings. The number of hydrogen-bond acceptors (Lipinski definition) is 4. The van der Waals surface area contributed by atoms with Gasteiger partial charge in [-0.15, -0.1) is 0 Å². The molecular weight excluding hydrogens is 443 g/mol. The number of halogens is 2. The quantitative estimate of drug-likeness (QED) is 0.252. The van der Waals surface area contributed by atoms with Gasteiger partial charge in [-0.2, -0.15) is 0 Å². The van der Waals surface area contributed by atoms with E-state index in [1.165, 1.54) is 18.0 Å². The second kappa shape index (κ2) is 8.04. The van der Waals surface area contributed by atoms with Crippen LogP contribution in [-0.2, 0) is 4.79 Å². The summed E-state index contributed by atoms with van der Waals surface area (Å²) in [5.41, 5.74) is 3.55. The van der Waals surface area contributed by atoms with Crippen LogP contribution < -0.4 is 10.0 Å². The summed E-state index contributed by atoms with van der Waals surface area (Å²) in [6.45, 7) is 0. The van der Waals surface area contributed by atoms with Gasteiger partial charge in [0.1, 0.15) is 17.3 Å². The summed E-state index contributed by atoms with van der Waals surface area (Å²) in [4.78, 5) is 19.0. The van der Waals surface area contributed by atoms with Crippen LogP contribution in [-0.4, -0.2) is 16.4 Å². The Balaban J connectivity index is 1.56. The number of fused-ring (bicyclic) bond motifs is 1. The molecule has 2 aromatic heterocycles. The van der Waals surface area contributed by atoms with Crippen molar-refractivity contribution in [2.45, 2.75) is 4.90 Å². The second-order valence-corrected chi connectivity index (χ2v) is 7.65. The molecule has 28 heavy (non-hydrogen) atoms. The third kappa shape index (κ3) is 3.88. The first-order chi connectivity index (χ1) is 13.6. The summed E-state index contributed by atoms with van der Waals surface area (Å²) in [6, 6.07) is 16.6. The number of pyridine rings is 1. The lowest BCUT2D eigenvalue weighted by atomic mass is 10.0. The first-order valence-electron chi connectivity index (χ1n) is 8.31. The number of benzene rings is 2. The Morgan fingerprint density at radius 3 is 2.68 bits per heavy atom. The second-order valence-electron chi connectivity index (χ2n) is 5.91. The highest BCUT2D eigenvalue weighted by atomic mass is 79.9. The van der Waals surface area contributed by atoms with Crippen LogP contribution >= 0.6 is 27.9 Å². The molecule has 0 aliphatic carbocycles. The maximum absolute atomic E-state index is 13.6. The predicted molar refractivity (Wildman–Crippen MR) is 115 cm³/mol. The first kappa shape index (κ1) is 18.5. The fourth-order valence-electron chi connectivity index (χ4n) is 2.79. The lowest BCUT2D eigenvalue weighted by Gasteiger charge is -2.09. The van der Waals surface area contributed by atoms with Gasteiger partial charge < -0.3 is 15.0 Å². The summed E-state index contributed by atoms with van der Waals surface area (Å²) < 4.78 is 17.3. The van der Waals surface area contributed by atoms with E-state index in [1.807, 2.05) is 48.7 Å². The summed E-state index contributed by atoms with van der Waals surface area (Å²) in [6.07, 6.45) is 2.42. The van der Waals surface area contributed by atoms with E-state index < -0.39 is 0 Å². The van der Waals surface area contributed by atoms with E-state index in [-0.39, 0.29) is 5.82 Å². The summed E-state index contributed by atoms with van der Waals surface area (Å²) in [7, 11) is 0. The molecule has 2 aromatic carbocycles. The largest absolute Gasteiger partial charge is 0.346 e. The number of rotatable bonds is 6. The predicted octanol–water partition coefficient (Wildman–Crippen LogP) is 5.82. The SMILES string of the molecule is O=CNc1cc(-c2ccc(NSc3ccc(Br)c(F)c3)cc2)c2cc[nH]c2n1. The molecule has 0 radical (unpaired) electrons. The number of aromatic nitrogens is 2. The van der Waals surface area contributed by atoms with Crippen LogP contribution in [0.25, 0.3) is 22.2 Å². The van der Waals surface area contributed by atoms with E-state index in [1.54, 1.807) is 6.07 Å². The van der Waals surface area contributed by atoms with Gasteiger partial charge in [-0.05, 0) is 81.5 Å². The minimum absolute atomic E-state index is 0.296. The molecule has 0 unspecified atom stereocenters. The molecule has 1 amide bonds. The van der Waals surface area contributed by atoms with E-state index in [0.717, 1.165) is 27.1 Å². The topological polar surface area (TPSA) is 69.8 Å². The highest BCUT2D eigenvalue weighted by molar-refractivity contribution is 9.10. The normalized spacial score (nSPS) is 10.8. The van der Waals surface area contributed by atoms with Crippen molar-refractivity contribution in [2.75, 3.05) is 10.0 Å². The lowest BCUT2D eigenvalue weighted by molar-refractivity contribution is -0.105. The van der Waals surface area contributed by atoms with E-state index >= 15 is 0 Å². The third-order valence-corrected chi connectivity index (χ3v) is 5.58. The molecule has 0 saturated heterocycles. The number of carbonyl (C=O) groups excluding carboxylic acids is 1. The van der Waals surface area contributed by atoms with Gasteiger partial charge in [0.25, 0.3) is 0 Å². The van der Waals surface area contributed by atoms with Gasteiger partial charge in [-0.1, -0.05) is 12.1 Å². The van der Waals surface area contributed by atoms with Crippen molar-refractivity contribution in [3.05, 3.63) is 71.1 Å². The van der Waals surface area contributed by atoms with E-state index in [0.29, 0.717) is 22.3 Å². The molecular formula is C20H14BrFN4OS. The van der Waals surface area contributed by atoms with Gasteiger partial charge in [-0.25, -0.2) is 9.37 Å². The molecule has 140 valence electrons. The van der Waals surface area contributed by atoms with Crippen LogP contribution in [0.2, 0.25) is 0 Å². The zero-order chi connectivity index (χ0) is 19.5. The molecule has 0 spiro atoms. The Bertz CT molecular complexity index is 1150. The van der Waals surface area contributed by atoms with Crippen molar-refractivity contribution in [1.29, 1.82) is 0 Å². The minimum atomic E-state index is -0.296. The smallest absolute Gasteiger partial charge is 0.212 e. The molecule has 5 nitrogen and oxygen atoms in total. The third-order valence-electron chi connectivity index (χ3n) is 4.11. The zero-order valence-electron chi connectivity index (χ0n) is 14.4. The van der Waals surface area contributed by atoms with Crippen molar-refractivity contribution in [3.8, 4) is 11.1 Å². The Kier molecular flexibility index (Phi) is 5.31. The molecule has 0 aliphatic heterocycles. The number of anilines is 2. The van der Waals surface area contributed by atoms with Crippen molar-refractivity contribution in [2.24, 2.45) is 0 Å². The number of aromatic amines is 1. The van der Waals surface area contributed by atoms with Crippen molar-refractivity contribution >= 4 is 56.8 Å². The molecule has 0 saturated carbocycles. The highest BCUT2D eigenvalue weighted by Crippen LogP contribution is 2.31. The van der Waals surface area contributed by atoms with E-state index in [9.17, 15) is 9.18 Å². The Morgan fingerprint density at radius 1 is 1.11 bits per heavy atom. The fraction of sp³-hybridized carbons (Fsp3) is 0. The van der Waals surface area contributed by atoms with Crippen LogP contribution in [0.15, 0.2) is 70.2 Å². The number of nitrogens with zero attached hydrogens (tertiary/aromatic N) is 1. The molecule has 0 fully saturated rings. The average molecular weight is 457 g/mol. The van der Waals surface area contributed by atoms with Gasteiger partial charge in [0, 0.05) is 22.2 Å². The lowest BCUT2D eigenvalue weighted by Crippen LogP contribution is -1.97. The molecule has 4 rings (SSSR count). The van der Waals surface area contributed by atoms with Crippen LogP contribution in [0.4, 0.5) is 15.9 Å². The van der Waals surface area contributed by atoms with Gasteiger partial charge >= 0.3 is 0 Å². The van der Waals surface area contributed by atoms with Crippen LogP contribution in [0.5, 0.6) is 0 Å². The van der Waals surface area contributed by atoms with Gasteiger partial charge in [-0.3, -0.25) is 4.79 Å². The maximum atomic E-state index is 13.6. The summed E-state index contributed by atoms with van der Waals surface area (Å²) in [5.74, 6) is 0.185. The van der Waals surface area contributed by atoms with Gasteiger partial charge in [0.05, 0.1) is 4.47 Å². The Hall–Kier alpha value is -2.84. The summed E-state index contributed by atoms with van der Waals surface area (Å²) in [5, 5.41) is 3.57. The van der Waals surface area contributed by atoms with Crippen molar-refractivity contribution in [3.63, 3.8) is 0 Å². The molecule has 2 heterocycles. The fourth-order valence-corrected chi connectivity index (χ4v) is 3.70. The van der Waals surface area contributed by atoms with Gasteiger partial charge in [0.2, 0.25) is 6.41 Å². The standard InChI is InChI=1S/C20H14BrFN4OS/c21-17-6-5-14(9-18(17)22)28-26-13-3-1-12(2-4-13)16-10-19(24-11-27)25-20-15(16)7-8-23-20/h1-11,26H,(H2,23,24,25,27). The monoisotopic (exact) mass is 456 g/mol. The average Bonchev–Trinajstić information content (AvgIpc) is 3.18. The van der Waals surface area contributed by atoms with Crippen molar-refractivity contribution < 1.29 is 9.18 Å². The van der Waals surface area contributed by atoms with E-state index in [2.05, 4.69) is 35.9 Å². The number of nitrogens with one attached hydrogen (secondary N) is 3. The molecule has 8 heteroatoms. The first-order valence-corrected chi connectivity index (χ1v) is 9.91. The number of H-pyrrole nitrogens is 1. The van der Waals surface area contributed by atoms with Crippen LogP contribution in [0.1, 0.15) is 0 Å². The zero-order valence-corrected chi connectivity index (χ0v) is 16.8. The Labute approximate surface area is 173 Å². The van der Waals surface area contributed by atoms with Crippen LogP contribution in [0, 0.1) is 5.82 Å². The number of carbonyl (C=O) groups is 1. The minimum Gasteiger partial charge on any atom is -0.346 e. The highest BCUT2D eigenvalue weighted by Gasteiger charge is 2.09. The number of amides is 1. The van der Waals surface area contributed by atoms with Gasteiger partial charge in [0.15, 0.2) is 0 Å². The summed E-state index contributed by atoms with van der Waals surface area (Å²) >= 11 is 4.49.